The van der Waals surface area contributed by atoms with Gasteiger partial charge in [-0.1, -0.05) is 17.7 Å². The molecule has 6 nitrogen and oxygen atoms in total. The Morgan fingerprint density at radius 1 is 1.19 bits per heavy atom. The van der Waals surface area contributed by atoms with E-state index in [9.17, 15) is 14.0 Å². The second-order valence-electron chi connectivity index (χ2n) is 6.40. The number of amides is 3. The minimum absolute atomic E-state index is 0.224. The summed E-state index contributed by atoms with van der Waals surface area (Å²) in [6.07, 6.45) is -0.614. The van der Waals surface area contributed by atoms with Gasteiger partial charge in [0.25, 0.3) is 0 Å². The molecule has 136 valence electrons. The molecule has 0 unspecified atom stereocenters. The zero-order valence-corrected chi connectivity index (χ0v) is 14.9. The van der Waals surface area contributed by atoms with Crippen LogP contribution in [0.2, 0.25) is 5.02 Å². The topological polar surface area (TPSA) is 79.5 Å². The van der Waals surface area contributed by atoms with Crippen molar-refractivity contribution in [1.29, 1.82) is 0 Å². The van der Waals surface area contributed by atoms with Gasteiger partial charge in [0, 0.05) is 22.0 Å². The van der Waals surface area contributed by atoms with Crippen molar-refractivity contribution in [2.45, 2.75) is 25.5 Å². The van der Waals surface area contributed by atoms with Crippen LogP contribution >= 0.6 is 11.6 Å². The molecular weight excluding hydrogens is 361 g/mol. The Morgan fingerprint density at radius 3 is 2.50 bits per heavy atom. The third-order valence-corrected chi connectivity index (χ3v) is 4.20. The zero-order chi connectivity index (χ0) is 18.9. The van der Waals surface area contributed by atoms with E-state index in [1.165, 1.54) is 18.2 Å². The van der Waals surface area contributed by atoms with Crippen molar-refractivity contribution in [3.05, 3.63) is 58.9 Å². The first kappa shape index (κ1) is 18.0. The lowest BCUT2D eigenvalue weighted by Gasteiger charge is -2.24. The number of anilines is 2. The van der Waals surface area contributed by atoms with Crippen LogP contribution in [0.15, 0.2) is 42.5 Å². The predicted octanol–water partition coefficient (Wildman–Crippen LogP) is 4.68. The lowest BCUT2D eigenvalue weighted by Crippen LogP contribution is -2.31. The van der Waals surface area contributed by atoms with E-state index < -0.39 is 29.6 Å². The number of hydrogen-bond donors (Lipinski definition) is 3. The van der Waals surface area contributed by atoms with Gasteiger partial charge in [-0.2, -0.15) is 0 Å². The maximum Gasteiger partial charge on any atom is 0.408 e. The van der Waals surface area contributed by atoms with Crippen molar-refractivity contribution in [2.24, 2.45) is 0 Å². The summed E-state index contributed by atoms with van der Waals surface area (Å²) in [5.41, 5.74) is 0.203. The summed E-state index contributed by atoms with van der Waals surface area (Å²) in [4.78, 5) is 23.6. The Labute approximate surface area is 154 Å². The lowest BCUT2D eigenvalue weighted by atomic mass is 9.92. The SMILES string of the molecule is CC1(C)OC(=O)N[C@H]1c1cc(NC(=O)Nc2cccc(Cl)c2)ccc1F. The van der Waals surface area contributed by atoms with Crippen LogP contribution in [-0.4, -0.2) is 17.7 Å². The predicted molar refractivity (Wildman–Crippen MR) is 96.9 cm³/mol. The van der Waals surface area contributed by atoms with E-state index in [0.29, 0.717) is 16.4 Å². The summed E-state index contributed by atoms with van der Waals surface area (Å²) in [6.45, 7) is 3.36. The van der Waals surface area contributed by atoms with Gasteiger partial charge in [0.1, 0.15) is 11.4 Å². The van der Waals surface area contributed by atoms with Crippen molar-refractivity contribution >= 4 is 35.1 Å². The van der Waals surface area contributed by atoms with Gasteiger partial charge in [-0.05, 0) is 50.2 Å². The fourth-order valence-corrected chi connectivity index (χ4v) is 2.96. The average Bonchev–Trinajstić information content (AvgIpc) is 2.81. The highest BCUT2D eigenvalue weighted by Gasteiger charge is 2.43. The molecule has 0 bridgehead atoms. The fourth-order valence-electron chi connectivity index (χ4n) is 2.77. The molecule has 0 aromatic heterocycles. The van der Waals surface area contributed by atoms with Crippen LogP contribution < -0.4 is 16.0 Å². The van der Waals surface area contributed by atoms with Gasteiger partial charge in [0.05, 0.1) is 6.04 Å². The first-order chi connectivity index (χ1) is 12.2. The van der Waals surface area contributed by atoms with Crippen molar-refractivity contribution < 1.29 is 18.7 Å². The zero-order valence-electron chi connectivity index (χ0n) is 14.1. The molecule has 1 fully saturated rings. The summed E-state index contributed by atoms with van der Waals surface area (Å²) >= 11 is 5.88. The standard InChI is InChI=1S/C18H17ClFN3O3/c1-18(2)15(23-17(25)26-18)13-9-12(6-7-14(13)20)22-16(24)21-11-5-3-4-10(19)8-11/h3-9,15H,1-2H3,(H,23,25)(H2,21,22,24)/t15-/m0/s1. The van der Waals surface area contributed by atoms with Gasteiger partial charge < -0.3 is 20.7 Å². The van der Waals surface area contributed by atoms with Crippen molar-refractivity contribution in [3.8, 4) is 0 Å². The smallest absolute Gasteiger partial charge is 0.408 e. The van der Waals surface area contributed by atoms with E-state index in [4.69, 9.17) is 16.3 Å². The molecule has 0 aliphatic carbocycles. The number of ether oxygens (including phenoxy) is 1. The van der Waals surface area contributed by atoms with Gasteiger partial charge in [0.2, 0.25) is 0 Å². The molecule has 3 amide bonds. The molecular formula is C18H17ClFN3O3. The molecule has 1 heterocycles. The van der Waals surface area contributed by atoms with E-state index in [-0.39, 0.29) is 5.56 Å². The number of urea groups is 1. The fraction of sp³-hybridized carbons (Fsp3) is 0.222. The summed E-state index contributed by atoms with van der Waals surface area (Å²) in [5.74, 6) is -0.505. The molecule has 2 aromatic rings. The molecule has 26 heavy (non-hydrogen) atoms. The number of nitrogens with one attached hydrogen (secondary N) is 3. The maximum atomic E-state index is 14.3. The molecule has 1 saturated heterocycles. The van der Waals surface area contributed by atoms with Gasteiger partial charge in [-0.25, -0.2) is 14.0 Å². The molecule has 1 atom stereocenters. The number of hydrogen-bond acceptors (Lipinski definition) is 3. The van der Waals surface area contributed by atoms with Crippen LogP contribution in [0, 0.1) is 5.82 Å². The molecule has 0 spiro atoms. The highest BCUT2D eigenvalue weighted by molar-refractivity contribution is 6.30. The number of rotatable bonds is 3. The minimum Gasteiger partial charge on any atom is -0.441 e. The van der Waals surface area contributed by atoms with Gasteiger partial charge in [-0.3, -0.25) is 0 Å². The lowest BCUT2D eigenvalue weighted by molar-refractivity contribution is 0.0677. The molecule has 8 heteroatoms. The number of alkyl carbamates (subject to hydrolysis) is 1. The molecule has 1 aliphatic rings. The summed E-state index contributed by atoms with van der Waals surface area (Å²) in [7, 11) is 0. The minimum atomic E-state index is -0.917. The number of cyclic esters (lactones) is 1. The highest BCUT2D eigenvalue weighted by Crippen LogP contribution is 2.36. The van der Waals surface area contributed by atoms with E-state index in [2.05, 4.69) is 16.0 Å². The Bertz CT molecular complexity index is 873. The van der Waals surface area contributed by atoms with Crippen molar-refractivity contribution in [3.63, 3.8) is 0 Å². The average molecular weight is 378 g/mol. The van der Waals surface area contributed by atoms with E-state index in [0.717, 1.165) is 0 Å². The largest absolute Gasteiger partial charge is 0.441 e. The first-order valence-electron chi connectivity index (χ1n) is 7.87. The molecule has 0 radical (unpaired) electrons. The monoisotopic (exact) mass is 377 g/mol. The van der Waals surface area contributed by atoms with Crippen LogP contribution in [0.25, 0.3) is 0 Å². The normalized spacial score (nSPS) is 18.0. The van der Waals surface area contributed by atoms with Gasteiger partial charge in [-0.15, -0.1) is 0 Å². The van der Waals surface area contributed by atoms with Gasteiger partial charge >= 0.3 is 12.1 Å². The van der Waals surface area contributed by atoms with E-state index in [1.54, 1.807) is 38.1 Å². The Hall–Kier alpha value is -2.80. The van der Waals surface area contributed by atoms with E-state index >= 15 is 0 Å². The number of carbonyl (C=O) groups excluding carboxylic acids is 2. The van der Waals surface area contributed by atoms with Crippen LogP contribution in [0.3, 0.4) is 0 Å². The first-order valence-corrected chi connectivity index (χ1v) is 8.25. The Kier molecular flexibility index (Phi) is 4.73. The maximum absolute atomic E-state index is 14.3. The second-order valence-corrected chi connectivity index (χ2v) is 6.83. The van der Waals surface area contributed by atoms with Gasteiger partial charge in [0.15, 0.2) is 0 Å². The summed E-state index contributed by atoms with van der Waals surface area (Å²) < 4.78 is 19.4. The van der Waals surface area contributed by atoms with Crippen LogP contribution in [0.1, 0.15) is 25.5 Å². The molecule has 3 N–H and O–H groups in total. The summed E-state index contributed by atoms with van der Waals surface area (Å²) in [6, 6.07) is 9.64. The highest BCUT2D eigenvalue weighted by atomic mass is 35.5. The van der Waals surface area contributed by atoms with Crippen molar-refractivity contribution in [2.75, 3.05) is 10.6 Å². The number of benzene rings is 2. The molecule has 0 saturated carbocycles. The van der Waals surface area contributed by atoms with Crippen LogP contribution in [0.5, 0.6) is 0 Å². The molecule has 2 aromatic carbocycles. The third kappa shape index (κ3) is 3.88. The van der Waals surface area contributed by atoms with Crippen LogP contribution in [0.4, 0.5) is 25.4 Å². The van der Waals surface area contributed by atoms with Crippen LogP contribution in [-0.2, 0) is 4.74 Å². The molecule has 1 aliphatic heterocycles. The van der Waals surface area contributed by atoms with E-state index in [1.807, 2.05) is 0 Å². The molecule has 3 rings (SSSR count). The Balaban J connectivity index is 1.77. The third-order valence-electron chi connectivity index (χ3n) is 3.96. The number of halogens is 2. The second kappa shape index (κ2) is 6.84. The Morgan fingerprint density at radius 2 is 1.88 bits per heavy atom. The quantitative estimate of drug-likeness (QED) is 0.726. The van der Waals surface area contributed by atoms with Crippen molar-refractivity contribution in [1.82, 2.24) is 5.32 Å². The number of carbonyl (C=O) groups is 2. The summed E-state index contributed by atoms with van der Waals surface area (Å²) in [5, 5.41) is 8.34.